The Kier molecular flexibility index (Phi) is 6.05. The molecule has 1 aromatic carbocycles. The largest absolute Gasteiger partial charge is 0.492 e. The third-order valence-corrected chi connectivity index (χ3v) is 2.55. The SMILES string of the molecule is CCOc1ccc(C(=O)NC(=S)OC(C)C)cc1Cl. The van der Waals surface area contributed by atoms with Crippen LogP contribution < -0.4 is 10.1 Å². The average molecular weight is 302 g/mol. The van der Waals surface area contributed by atoms with Crippen LogP contribution in [0.2, 0.25) is 5.02 Å². The minimum Gasteiger partial charge on any atom is -0.492 e. The minimum absolute atomic E-state index is 0.0463. The van der Waals surface area contributed by atoms with Crippen LogP contribution >= 0.6 is 23.8 Å². The molecule has 104 valence electrons. The number of halogens is 1. The predicted molar refractivity (Wildman–Crippen MR) is 78.9 cm³/mol. The molecule has 0 bridgehead atoms. The van der Waals surface area contributed by atoms with Gasteiger partial charge in [-0.2, -0.15) is 0 Å². The Morgan fingerprint density at radius 2 is 2.16 bits per heavy atom. The van der Waals surface area contributed by atoms with Crippen molar-refractivity contribution >= 4 is 34.9 Å². The van der Waals surface area contributed by atoms with Gasteiger partial charge < -0.3 is 9.47 Å². The highest BCUT2D eigenvalue weighted by atomic mass is 35.5. The van der Waals surface area contributed by atoms with Crippen LogP contribution in [0.15, 0.2) is 18.2 Å². The maximum absolute atomic E-state index is 11.9. The van der Waals surface area contributed by atoms with Crippen molar-refractivity contribution in [3.63, 3.8) is 0 Å². The number of amides is 1. The van der Waals surface area contributed by atoms with E-state index in [0.29, 0.717) is 22.9 Å². The molecule has 0 saturated heterocycles. The number of thiocarbonyl (C=S) groups is 1. The van der Waals surface area contributed by atoms with E-state index in [1.165, 1.54) is 6.07 Å². The first-order valence-electron chi connectivity index (χ1n) is 5.88. The van der Waals surface area contributed by atoms with Crippen molar-refractivity contribution in [2.75, 3.05) is 6.61 Å². The van der Waals surface area contributed by atoms with E-state index in [1.807, 2.05) is 20.8 Å². The zero-order valence-corrected chi connectivity index (χ0v) is 12.6. The van der Waals surface area contributed by atoms with Gasteiger partial charge in [-0.05, 0) is 51.2 Å². The van der Waals surface area contributed by atoms with Crippen LogP contribution in [0.5, 0.6) is 5.75 Å². The predicted octanol–water partition coefficient (Wildman–Crippen LogP) is 3.18. The molecule has 6 heteroatoms. The lowest BCUT2D eigenvalue weighted by molar-refractivity contribution is 0.0963. The van der Waals surface area contributed by atoms with Crippen molar-refractivity contribution in [2.45, 2.75) is 26.9 Å². The smallest absolute Gasteiger partial charge is 0.263 e. The molecular weight excluding hydrogens is 286 g/mol. The second-order valence-corrected chi connectivity index (χ2v) is 4.76. The Bertz CT molecular complexity index is 477. The summed E-state index contributed by atoms with van der Waals surface area (Å²) in [5.41, 5.74) is 0.392. The molecule has 1 rings (SSSR count). The molecule has 19 heavy (non-hydrogen) atoms. The summed E-state index contributed by atoms with van der Waals surface area (Å²) in [6, 6.07) is 4.79. The van der Waals surface area contributed by atoms with E-state index in [9.17, 15) is 4.79 Å². The summed E-state index contributed by atoms with van der Waals surface area (Å²) in [5, 5.41) is 2.90. The Morgan fingerprint density at radius 3 is 2.68 bits per heavy atom. The van der Waals surface area contributed by atoms with E-state index >= 15 is 0 Å². The van der Waals surface area contributed by atoms with Gasteiger partial charge in [-0.25, -0.2) is 0 Å². The van der Waals surface area contributed by atoms with Gasteiger partial charge in [-0.15, -0.1) is 0 Å². The molecule has 0 saturated carbocycles. The van der Waals surface area contributed by atoms with Gasteiger partial charge in [-0.1, -0.05) is 11.6 Å². The highest BCUT2D eigenvalue weighted by Gasteiger charge is 2.12. The zero-order chi connectivity index (χ0) is 14.4. The number of rotatable bonds is 4. The van der Waals surface area contributed by atoms with Crippen molar-refractivity contribution in [2.24, 2.45) is 0 Å². The van der Waals surface area contributed by atoms with Gasteiger partial charge in [0.2, 0.25) is 0 Å². The van der Waals surface area contributed by atoms with Crippen LogP contribution in [-0.2, 0) is 4.74 Å². The average Bonchev–Trinajstić information content (AvgIpc) is 2.30. The first-order chi connectivity index (χ1) is 8.93. The summed E-state index contributed by atoms with van der Waals surface area (Å²) in [5.74, 6) is 0.178. The fourth-order valence-electron chi connectivity index (χ4n) is 1.32. The van der Waals surface area contributed by atoms with Gasteiger partial charge in [0.25, 0.3) is 11.1 Å². The lowest BCUT2D eigenvalue weighted by Gasteiger charge is -2.12. The summed E-state index contributed by atoms with van der Waals surface area (Å²) < 4.78 is 10.5. The van der Waals surface area contributed by atoms with E-state index in [0.717, 1.165) is 0 Å². The second-order valence-electron chi connectivity index (χ2n) is 3.99. The Hall–Kier alpha value is -1.33. The van der Waals surface area contributed by atoms with Crippen LogP contribution in [-0.4, -0.2) is 23.8 Å². The lowest BCUT2D eigenvalue weighted by Crippen LogP contribution is -2.32. The normalized spacial score (nSPS) is 10.2. The molecule has 1 aromatic rings. The summed E-state index contributed by atoms with van der Waals surface area (Å²) in [7, 11) is 0. The quantitative estimate of drug-likeness (QED) is 0.868. The van der Waals surface area contributed by atoms with Gasteiger partial charge in [0.15, 0.2) is 0 Å². The fourth-order valence-corrected chi connectivity index (χ4v) is 1.84. The molecule has 0 unspecified atom stereocenters. The standard InChI is InChI=1S/C13H16ClNO3S/c1-4-17-11-6-5-9(7-10(11)14)12(16)15-13(19)18-8(2)3/h5-8H,4H2,1-3H3,(H,15,16,19). The van der Waals surface area contributed by atoms with Crippen molar-refractivity contribution in [1.82, 2.24) is 5.32 Å². The summed E-state index contributed by atoms with van der Waals surface area (Å²) in [6.45, 7) is 6.02. The maximum Gasteiger partial charge on any atom is 0.263 e. The summed E-state index contributed by atoms with van der Waals surface area (Å²) in [4.78, 5) is 11.9. The van der Waals surface area contributed by atoms with E-state index in [4.69, 9.17) is 33.3 Å². The number of benzene rings is 1. The topological polar surface area (TPSA) is 47.6 Å². The summed E-state index contributed by atoms with van der Waals surface area (Å²) >= 11 is 10.9. The molecule has 1 amide bonds. The minimum atomic E-state index is -0.365. The van der Waals surface area contributed by atoms with Gasteiger partial charge >= 0.3 is 0 Å². The Labute approximate surface area is 123 Å². The van der Waals surface area contributed by atoms with E-state index < -0.39 is 0 Å². The molecule has 0 fully saturated rings. The van der Waals surface area contributed by atoms with E-state index in [1.54, 1.807) is 12.1 Å². The molecule has 4 nitrogen and oxygen atoms in total. The van der Waals surface area contributed by atoms with Crippen molar-refractivity contribution in [1.29, 1.82) is 0 Å². The van der Waals surface area contributed by atoms with Crippen molar-refractivity contribution < 1.29 is 14.3 Å². The number of hydrogen-bond donors (Lipinski definition) is 1. The molecule has 1 N–H and O–H groups in total. The second kappa shape index (κ2) is 7.31. The molecule has 0 heterocycles. The number of nitrogens with one attached hydrogen (secondary N) is 1. The maximum atomic E-state index is 11.9. The van der Waals surface area contributed by atoms with Gasteiger partial charge in [0.1, 0.15) is 5.75 Å². The number of carbonyl (C=O) groups excluding carboxylic acids is 1. The van der Waals surface area contributed by atoms with Crippen molar-refractivity contribution in [3.05, 3.63) is 28.8 Å². The third-order valence-electron chi connectivity index (χ3n) is 2.05. The molecule has 0 radical (unpaired) electrons. The number of carbonyl (C=O) groups is 1. The van der Waals surface area contributed by atoms with Gasteiger partial charge in [0.05, 0.1) is 17.7 Å². The molecule has 0 spiro atoms. The molecule has 0 aliphatic rings. The molecular formula is C13H16ClNO3S. The van der Waals surface area contributed by atoms with Crippen LogP contribution in [0.25, 0.3) is 0 Å². The highest BCUT2D eigenvalue weighted by molar-refractivity contribution is 7.80. The van der Waals surface area contributed by atoms with Crippen molar-refractivity contribution in [3.8, 4) is 5.75 Å². The number of hydrogen-bond acceptors (Lipinski definition) is 4. The molecule has 0 aliphatic heterocycles. The van der Waals surface area contributed by atoms with Crippen LogP contribution in [0, 0.1) is 0 Å². The number of ether oxygens (including phenoxy) is 2. The highest BCUT2D eigenvalue weighted by Crippen LogP contribution is 2.25. The van der Waals surface area contributed by atoms with Crippen LogP contribution in [0.4, 0.5) is 0 Å². The van der Waals surface area contributed by atoms with E-state index in [2.05, 4.69) is 5.32 Å². The first kappa shape index (κ1) is 15.7. The van der Waals surface area contributed by atoms with Gasteiger partial charge in [-0.3, -0.25) is 10.1 Å². The molecule has 0 aliphatic carbocycles. The zero-order valence-electron chi connectivity index (χ0n) is 11.0. The van der Waals surface area contributed by atoms with Crippen LogP contribution in [0.1, 0.15) is 31.1 Å². The molecule has 0 atom stereocenters. The lowest BCUT2D eigenvalue weighted by atomic mass is 10.2. The van der Waals surface area contributed by atoms with E-state index in [-0.39, 0.29) is 17.2 Å². The monoisotopic (exact) mass is 301 g/mol. The Balaban J connectivity index is 2.72. The first-order valence-corrected chi connectivity index (χ1v) is 6.67. The summed E-state index contributed by atoms with van der Waals surface area (Å²) in [6.07, 6.45) is -0.0864. The Morgan fingerprint density at radius 1 is 1.47 bits per heavy atom. The van der Waals surface area contributed by atoms with Crippen LogP contribution in [0.3, 0.4) is 0 Å². The molecule has 0 aromatic heterocycles. The van der Waals surface area contributed by atoms with Gasteiger partial charge in [0, 0.05) is 5.56 Å². The third kappa shape index (κ3) is 5.04. The fraction of sp³-hybridized carbons (Fsp3) is 0.385.